The van der Waals surface area contributed by atoms with Gasteiger partial charge < -0.3 is 15.5 Å². The first-order valence-corrected chi connectivity index (χ1v) is 7.37. The number of aryl methyl sites for hydroxylation is 1. The SMILES string of the molecule is Cc1cc(N(C)CC2CCCN2C)c([C@@H](C)N)cc1F. The average Bonchev–Trinajstić information content (AvgIpc) is 2.77. The van der Waals surface area contributed by atoms with Crippen LogP contribution in [0.3, 0.4) is 0 Å². The van der Waals surface area contributed by atoms with Crippen molar-refractivity contribution in [2.24, 2.45) is 5.73 Å². The summed E-state index contributed by atoms with van der Waals surface area (Å²) in [5.41, 5.74) is 8.62. The smallest absolute Gasteiger partial charge is 0.126 e. The third-order valence-corrected chi connectivity index (χ3v) is 4.37. The van der Waals surface area contributed by atoms with Gasteiger partial charge >= 0.3 is 0 Å². The molecule has 1 fully saturated rings. The minimum Gasteiger partial charge on any atom is -0.373 e. The molecule has 2 atom stereocenters. The van der Waals surface area contributed by atoms with E-state index in [9.17, 15) is 4.39 Å². The van der Waals surface area contributed by atoms with E-state index in [2.05, 4.69) is 23.9 Å². The summed E-state index contributed by atoms with van der Waals surface area (Å²) >= 11 is 0. The van der Waals surface area contributed by atoms with Crippen LogP contribution in [0.15, 0.2) is 12.1 Å². The van der Waals surface area contributed by atoms with E-state index in [0.717, 1.165) is 17.8 Å². The van der Waals surface area contributed by atoms with Crippen LogP contribution in [-0.4, -0.2) is 38.1 Å². The molecule has 1 saturated heterocycles. The summed E-state index contributed by atoms with van der Waals surface area (Å²) < 4.78 is 13.8. The maximum absolute atomic E-state index is 13.8. The van der Waals surface area contributed by atoms with Crippen molar-refractivity contribution in [1.29, 1.82) is 0 Å². The molecule has 1 aliphatic heterocycles. The van der Waals surface area contributed by atoms with E-state index in [0.29, 0.717) is 11.6 Å². The van der Waals surface area contributed by atoms with Gasteiger partial charge in [-0.25, -0.2) is 4.39 Å². The Balaban J connectivity index is 2.24. The number of nitrogens with two attached hydrogens (primary N) is 1. The monoisotopic (exact) mass is 279 g/mol. The fraction of sp³-hybridized carbons (Fsp3) is 0.625. The lowest BCUT2D eigenvalue weighted by Gasteiger charge is -2.30. The molecule has 2 rings (SSSR count). The quantitative estimate of drug-likeness (QED) is 0.919. The standard InChI is InChI=1S/C16H26FN3/c1-11-8-16(14(12(2)18)9-15(11)17)20(4)10-13-6-5-7-19(13)3/h8-9,12-13H,5-7,10,18H2,1-4H3/t12-,13?/m1/s1. The zero-order valence-corrected chi connectivity index (χ0v) is 13.0. The second-order valence-corrected chi connectivity index (χ2v) is 6.11. The molecule has 4 heteroatoms. The molecule has 0 amide bonds. The third-order valence-electron chi connectivity index (χ3n) is 4.37. The van der Waals surface area contributed by atoms with Gasteiger partial charge in [0, 0.05) is 31.4 Å². The Labute approximate surface area is 121 Å². The molecule has 1 aliphatic rings. The molecule has 112 valence electrons. The number of halogens is 1. The lowest BCUT2D eigenvalue weighted by atomic mass is 10.0. The Morgan fingerprint density at radius 2 is 2.20 bits per heavy atom. The van der Waals surface area contributed by atoms with E-state index in [1.807, 2.05) is 13.0 Å². The number of hydrogen-bond donors (Lipinski definition) is 1. The zero-order valence-electron chi connectivity index (χ0n) is 13.0. The van der Waals surface area contributed by atoms with Crippen LogP contribution in [-0.2, 0) is 0 Å². The highest BCUT2D eigenvalue weighted by atomic mass is 19.1. The fourth-order valence-electron chi connectivity index (χ4n) is 3.00. The first-order valence-electron chi connectivity index (χ1n) is 7.37. The maximum Gasteiger partial charge on any atom is 0.126 e. The van der Waals surface area contributed by atoms with Crippen molar-refractivity contribution >= 4 is 5.69 Å². The molecule has 0 spiro atoms. The number of likely N-dealkylation sites (N-methyl/N-ethyl adjacent to an activating group) is 2. The highest BCUT2D eigenvalue weighted by molar-refractivity contribution is 5.56. The van der Waals surface area contributed by atoms with Crippen LogP contribution < -0.4 is 10.6 Å². The number of rotatable bonds is 4. The summed E-state index contributed by atoms with van der Waals surface area (Å²) in [7, 11) is 4.25. The first kappa shape index (κ1) is 15.3. The molecule has 0 radical (unpaired) electrons. The molecule has 2 N–H and O–H groups in total. The lowest BCUT2D eigenvalue weighted by molar-refractivity contribution is 0.314. The molecule has 1 aromatic rings. The summed E-state index contributed by atoms with van der Waals surface area (Å²) in [5, 5.41) is 0. The average molecular weight is 279 g/mol. The molecule has 1 aromatic carbocycles. The molecule has 1 unspecified atom stereocenters. The van der Waals surface area contributed by atoms with Crippen molar-refractivity contribution in [2.75, 3.05) is 32.1 Å². The fourth-order valence-corrected chi connectivity index (χ4v) is 3.00. The molecule has 3 nitrogen and oxygen atoms in total. The van der Waals surface area contributed by atoms with Gasteiger partial charge in [0.25, 0.3) is 0 Å². The summed E-state index contributed by atoms with van der Waals surface area (Å²) in [6.07, 6.45) is 2.49. The second-order valence-electron chi connectivity index (χ2n) is 6.11. The van der Waals surface area contributed by atoms with Crippen molar-refractivity contribution in [3.05, 3.63) is 29.1 Å². The van der Waals surface area contributed by atoms with Crippen molar-refractivity contribution < 1.29 is 4.39 Å². The van der Waals surface area contributed by atoms with Gasteiger partial charge in [0.2, 0.25) is 0 Å². The van der Waals surface area contributed by atoms with Crippen LogP contribution in [0.4, 0.5) is 10.1 Å². The Hall–Kier alpha value is -1.13. The molecule has 0 bridgehead atoms. The van der Waals surface area contributed by atoms with E-state index >= 15 is 0 Å². The molecule has 0 aromatic heterocycles. The number of anilines is 1. The van der Waals surface area contributed by atoms with Crippen molar-refractivity contribution in [2.45, 2.75) is 38.8 Å². The molecular formula is C16H26FN3. The maximum atomic E-state index is 13.8. The molecule has 1 heterocycles. The number of likely N-dealkylation sites (tertiary alicyclic amines) is 1. The Kier molecular flexibility index (Phi) is 4.66. The van der Waals surface area contributed by atoms with E-state index in [1.165, 1.54) is 19.4 Å². The summed E-state index contributed by atoms with van der Waals surface area (Å²) in [4.78, 5) is 4.62. The van der Waals surface area contributed by atoms with Crippen LogP contribution in [0.25, 0.3) is 0 Å². The summed E-state index contributed by atoms with van der Waals surface area (Å²) in [6.45, 7) is 5.84. The van der Waals surface area contributed by atoms with Crippen LogP contribution in [0.2, 0.25) is 0 Å². The van der Waals surface area contributed by atoms with Gasteiger partial charge in [-0.3, -0.25) is 0 Å². The first-order chi connectivity index (χ1) is 9.40. The lowest BCUT2D eigenvalue weighted by Crippen LogP contribution is -2.37. The predicted octanol–water partition coefficient (Wildman–Crippen LogP) is 2.68. The number of nitrogens with zero attached hydrogens (tertiary/aromatic N) is 2. The van der Waals surface area contributed by atoms with Crippen LogP contribution in [0.5, 0.6) is 0 Å². The summed E-state index contributed by atoms with van der Waals surface area (Å²) in [5.74, 6) is -0.174. The van der Waals surface area contributed by atoms with E-state index in [-0.39, 0.29) is 11.9 Å². The number of benzene rings is 1. The Morgan fingerprint density at radius 1 is 1.50 bits per heavy atom. The topological polar surface area (TPSA) is 32.5 Å². The van der Waals surface area contributed by atoms with Gasteiger partial charge in [0.15, 0.2) is 0 Å². The van der Waals surface area contributed by atoms with E-state index in [4.69, 9.17) is 5.73 Å². The van der Waals surface area contributed by atoms with Gasteiger partial charge in [-0.1, -0.05) is 0 Å². The molecule has 20 heavy (non-hydrogen) atoms. The minimum atomic E-state index is -0.174. The van der Waals surface area contributed by atoms with Gasteiger partial charge in [-0.15, -0.1) is 0 Å². The predicted molar refractivity (Wildman–Crippen MR) is 82.7 cm³/mol. The highest BCUT2D eigenvalue weighted by Gasteiger charge is 2.23. The Bertz CT molecular complexity index is 473. The minimum absolute atomic E-state index is 0.163. The van der Waals surface area contributed by atoms with Gasteiger partial charge in [0.1, 0.15) is 5.82 Å². The van der Waals surface area contributed by atoms with E-state index in [1.54, 1.807) is 13.0 Å². The van der Waals surface area contributed by atoms with Crippen molar-refractivity contribution in [3.8, 4) is 0 Å². The second kappa shape index (κ2) is 6.10. The van der Waals surface area contributed by atoms with E-state index < -0.39 is 0 Å². The highest BCUT2D eigenvalue weighted by Crippen LogP contribution is 2.29. The number of hydrogen-bond acceptors (Lipinski definition) is 3. The zero-order chi connectivity index (χ0) is 14.9. The van der Waals surface area contributed by atoms with Crippen LogP contribution in [0, 0.1) is 12.7 Å². The van der Waals surface area contributed by atoms with Gasteiger partial charge in [-0.05, 0) is 63.5 Å². The van der Waals surface area contributed by atoms with Crippen molar-refractivity contribution in [3.63, 3.8) is 0 Å². The normalized spacial score (nSPS) is 21.2. The van der Waals surface area contributed by atoms with Crippen molar-refractivity contribution in [1.82, 2.24) is 4.90 Å². The molecule has 0 saturated carbocycles. The largest absolute Gasteiger partial charge is 0.373 e. The van der Waals surface area contributed by atoms with Gasteiger partial charge in [0.05, 0.1) is 0 Å². The summed E-state index contributed by atoms with van der Waals surface area (Å²) in [6, 6.07) is 3.92. The van der Waals surface area contributed by atoms with Gasteiger partial charge in [-0.2, -0.15) is 0 Å². The molecular weight excluding hydrogens is 253 g/mol. The van der Waals surface area contributed by atoms with Crippen LogP contribution in [0.1, 0.15) is 36.9 Å². The molecule has 0 aliphatic carbocycles. The van der Waals surface area contributed by atoms with Crippen LogP contribution >= 0.6 is 0 Å². The third kappa shape index (κ3) is 3.13. The Morgan fingerprint density at radius 3 is 2.75 bits per heavy atom.